The van der Waals surface area contributed by atoms with E-state index in [0.29, 0.717) is 26.4 Å². The fraction of sp³-hybridized carbons (Fsp3) is 0.643. The van der Waals surface area contributed by atoms with Crippen LogP contribution in [0.25, 0.3) is 0 Å². The minimum Gasteiger partial charge on any atom is -0.491 e. The van der Waals surface area contributed by atoms with Crippen LogP contribution in [0.5, 0.6) is 5.75 Å². The Balaban J connectivity index is 2.27. The van der Waals surface area contributed by atoms with Crippen molar-refractivity contribution in [2.24, 2.45) is 0 Å². The van der Waals surface area contributed by atoms with Gasteiger partial charge in [-0.1, -0.05) is 6.92 Å². The Bertz CT molecular complexity index is 334. The zero-order valence-corrected chi connectivity index (χ0v) is 11.9. The molecular weight excluding hydrogens is 244 g/mol. The van der Waals surface area contributed by atoms with E-state index in [1.54, 1.807) is 13.3 Å². The van der Waals surface area contributed by atoms with Gasteiger partial charge in [0, 0.05) is 31.6 Å². The van der Waals surface area contributed by atoms with E-state index in [9.17, 15) is 0 Å². The average molecular weight is 268 g/mol. The first-order valence-corrected chi connectivity index (χ1v) is 6.71. The van der Waals surface area contributed by atoms with E-state index in [-0.39, 0.29) is 0 Å². The van der Waals surface area contributed by atoms with Crippen molar-refractivity contribution in [1.82, 2.24) is 10.3 Å². The lowest BCUT2D eigenvalue weighted by atomic mass is 10.2. The molecule has 0 aromatic carbocycles. The summed E-state index contributed by atoms with van der Waals surface area (Å²) in [5.41, 5.74) is 1.08. The van der Waals surface area contributed by atoms with Crippen molar-refractivity contribution in [2.45, 2.75) is 19.9 Å². The highest BCUT2D eigenvalue weighted by Gasteiger charge is 2.02. The predicted octanol–water partition coefficient (Wildman–Crippen LogP) is 1.62. The first kappa shape index (κ1) is 15.9. The quantitative estimate of drug-likeness (QED) is 0.618. The van der Waals surface area contributed by atoms with Crippen molar-refractivity contribution in [3.63, 3.8) is 0 Å². The molecule has 0 spiro atoms. The topological polar surface area (TPSA) is 52.6 Å². The summed E-state index contributed by atoms with van der Waals surface area (Å²) < 4.78 is 16.0. The Hall–Kier alpha value is -1.17. The standard InChI is InChI=1S/C14H24N2O3/c1-3-5-15-11-13-12-16-6-4-14(13)19-10-9-18-8-7-17-2/h4,6,12,15H,3,5,7-11H2,1-2H3. The Morgan fingerprint density at radius 3 is 2.84 bits per heavy atom. The number of hydrogen-bond acceptors (Lipinski definition) is 5. The van der Waals surface area contributed by atoms with Crippen molar-refractivity contribution in [3.05, 3.63) is 24.0 Å². The number of hydrogen-bond donors (Lipinski definition) is 1. The van der Waals surface area contributed by atoms with E-state index >= 15 is 0 Å². The van der Waals surface area contributed by atoms with Gasteiger partial charge in [-0.05, 0) is 19.0 Å². The minimum atomic E-state index is 0.536. The molecule has 1 rings (SSSR count). The number of aromatic nitrogens is 1. The molecule has 1 aromatic heterocycles. The van der Waals surface area contributed by atoms with Crippen molar-refractivity contribution in [3.8, 4) is 5.75 Å². The fourth-order valence-corrected chi connectivity index (χ4v) is 1.54. The van der Waals surface area contributed by atoms with Gasteiger partial charge in [0.2, 0.25) is 0 Å². The molecule has 0 aliphatic carbocycles. The Labute approximate surface area is 115 Å². The minimum absolute atomic E-state index is 0.536. The number of nitrogens with one attached hydrogen (secondary N) is 1. The highest BCUT2D eigenvalue weighted by molar-refractivity contribution is 5.29. The van der Waals surface area contributed by atoms with Gasteiger partial charge in [0.1, 0.15) is 12.4 Å². The van der Waals surface area contributed by atoms with Crippen molar-refractivity contribution >= 4 is 0 Å². The van der Waals surface area contributed by atoms with Crippen LogP contribution in [-0.4, -0.2) is 45.1 Å². The molecule has 19 heavy (non-hydrogen) atoms. The molecule has 0 unspecified atom stereocenters. The third-order valence-electron chi connectivity index (χ3n) is 2.52. The lowest BCUT2D eigenvalue weighted by Gasteiger charge is -2.11. The molecule has 1 heterocycles. The van der Waals surface area contributed by atoms with Gasteiger partial charge in [0.05, 0.1) is 19.8 Å². The van der Waals surface area contributed by atoms with E-state index in [1.165, 1.54) is 0 Å². The lowest BCUT2D eigenvalue weighted by molar-refractivity contribution is 0.0542. The van der Waals surface area contributed by atoms with E-state index in [4.69, 9.17) is 14.2 Å². The molecule has 5 heteroatoms. The van der Waals surface area contributed by atoms with Crippen LogP contribution >= 0.6 is 0 Å². The molecule has 108 valence electrons. The summed E-state index contributed by atoms with van der Waals surface area (Å²) >= 11 is 0. The molecule has 0 amide bonds. The maximum absolute atomic E-state index is 5.70. The summed E-state index contributed by atoms with van der Waals surface area (Å²) in [5, 5.41) is 3.34. The van der Waals surface area contributed by atoms with Gasteiger partial charge in [0.15, 0.2) is 0 Å². The smallest absolute Gasteiger partial charge is 0.126 e. The van der Waals surface area contributed by atoms with Crippen molar-refractivity contribution < 1.29 is 14.2 Å². The normalized spacial score (nSPS) is 10.6. The summed E-state index contributed by atoms with van der Waals surface area (Å²) in [6, 6.07) is 1.89. The maximum atomic E-state index is 5.70. The lowest BCUT2D eigenvalue weighted by Crippen LogP contribution is -2.16. The maximum Gasteiger partial charge on any atom is 0.126 e. The molecule has 5 nitrogen and oxygen atoms in total. The highest BCUT2D eigenvalue weighted by atomic mass is 16.5. The van der Waals surface area contributed by atoms with Gasteiger partial charge < -0.3 is 19.5 Å². The number of nitrogens with zero attached hydrogens (tertiary/aromatic N) is 1. The summed E-state index contributed by atoms with van der Waals surface area (Å²) in [7, 11) is 1.66. The van der Waals surface area contributed by atoms with Crippen LogP contribution in [0.2, 0.25) is 0 Å². The van der Waals surface area contributed by atoms with E-state index < -0.39 is 0 Å². The second-order valence-electron chi connectivity index (χ2n) is 4.11. The van der Waals surface area contributed by atoms with Crippen LogP contribution in [0, 0.1) is 0 Å². The fourth-order valence-electron chi connectivity index (χ4n) is 1.54. The molecule has 0 aliphatic rings. The molecule has 0 aliphatic heterocycles. The molecule has 0 saturated carbocycles. The van der Waals surface area contributed by atoms with Gasteiger partial charge in [-0.15, -0.1) is 0 Å². The SMILES string of the molecule is CCCNCc1cnccc1OCCOCCOC. The average Bonchev–Trinajstić information content (AvgIpc) is 2.44. The second-order valence-corrected chi connectivity index (χ2v) is 4.11. The summed E-state index contributed by atoms with van der Waals surface area (Å²) in [6.45, 7) is 6.23. The van der Waals surface area contributed by atoms with E-state index in [2.05, 4.69) is 17.2 Å². The van der Waals surface area contributed by atoms with Crippen molar-refractivity contribution in [2.75, 3.05) is 40.1 Å². The van der Waals surface area contributed by atoms with Crippen LogP contribution in [0.1, 0.15) is 18.9 Å². The van der Waals surface area contributed by atoms with Gasteiger partial charge in [0.25, 0.3) is 0 Å². The molecule has 1 aromatic rings. The summed E-state index contributed by atoms with van der Waals surface area (Å²) in [5.74, 6) is 0.869. The number of rotatable bonds is 11. The van der Waals surface area contributed by atoms with E-state index in [1.807, 2.05) is 12.3 Å². The van der Waals surface area contributed by atoms with Crippen LogP contribution in [0.4, 0.5) is 0 Å². The highest BCUT2D eigenvalue weighted by Crippen LogP contribution is 2.16. The first-order chi connectivity index (χ1) is 9.38. The largest absolute Gasteiger partial charge is 0.491 e. The zero-order valence-electron chi connectivity index (χ0n) is 11.9. The number of ether oxygens (including phenoxy) is 3. The molecule has 0 bridgehead atoms. The Morgan fingerprint density at radius 1 is 1.21 bits per heavy atom. The molecule has 0 saturated heterocycles. The van der Waals surface area contributed by atoms with Gasteiger partial charge in [-0.2, -0.15) is 0 Å². The van der Waals surface area contributed by atoms with Crippen LogP contribution in [0.15, 0.2) is 18.5 Å². The Morgan fingerprint density at radius 2 is 2.05 bits per heavy atom. The monoisotopic (exact) mass is 268 g/mol. The molecule has 0 fully saturated rings. The van der Waals surface area contributed by atoms with Crippen molar-refractivity contribution in [1.29, 1.82) is 0 Å². The summed E-state index contributed by atoms with van der Waals surface area (Å²) in [4.78, 5) is 4.13. The number of methoxy groups -OCH3 is 1. The third kappa shape index (κ3) is 7.10. The van der Waals surface area contributed by atoms with Gasteiger partial charge >= 0.3 is 0 Å². The summed E-state index contributed by atoms with van der Waals surface area (Å²) in [6.07, 6.45) is 4.69. The second kappa shape index (κ2) is 10.7. The molecular formula is C14H24N2O3. The number of pyridine rings is 1. The predicted molar refractivity (Wildman–Crippen MR) is 74.4 cm³/mol. The molecule has 0 atom stereocenters. The molecule has 0 radical (unpaired) electrons. The van der Waals surface area contributed by atoms with Gasteiger partial charge in [-0.3, -0.25) is 4.98 Å². The van der Waals surface area contributed by atoms with Crippen LogP contribution in [-0.2, 0) is 16.0 Å². The third-order valence-corrected chi connectivity index (χ3v) is 2.52. The Kier molecular flexibility index (Phi) is 8.97. The van der Waals surface area contributed by atoms with Crippen LogP contribution < -0.4 is 10.1 Å². The van der Waals surface area contributed by atoms with Gasteiger partial charge in [-0.25, -0.2) is 0 Å². The molecule has 1 N–H and O–H groups in total. The van der Waals surface area contributed by atoms with Crippen LogP contribution in [0.3, 0.4) is 0 Å². The zero-order chi connectivity index (χ0) is 13.8. The van der Waals surface area contributed by atoms with E-state index in [0.717, 1.165) is 30.8 Å². The first-order valence-electron chi connectivity index (χ1n) is 6.71.